The number of fused-ring (bicyclic) bond motifs is 15. The van der Waals surface area contributed by atoms with Gasteiger partial charge in [0.15, 0.2) is 5.58 Å². The Bertz CT molecular complexity index is 4270. The minimum Gasteiger partial charge on any atom is -0.454 e. The largest absolute Gasteiger partial charge is 0.454 e. The lowest BCUT2D eigenvalue weighted by molar-refractivity contribution is 0.195. The molecule has 0 spiro atoms. The molecule has 2 unspecified atom stereocenters. The number of hydrogen-bond donors (Lipinski definition) is 0. The molecule has 0 saturated heterocycles. The van der Waals surface area contributed by atoms with Gasteiger partial charge in [-0.05, 0) is 178 Å². The molecule has 2 aromatic heterocycles. The van der Waals surface area contributed by atoms with Crippen molar-refractivity contribution in [3.05, 3.63) is 173 Å². The maximum Gasteiger partial charge on any atom is 0.252 e. The van der Waals surface area contributed by atoms with Crippen molar-refractivity contribution in [3.63, 3.8) is 0 Å². The molecule has 388 valence electrons. The summed E-state index contributed by atoms with van der Waals surface area (Å²) in [4.78, 5) is 8.24. The number of anilines is 8. The van der Waals surface area contributed by atoms with Crippen LogP contribution in [-0.2, 0) is 27.1 Å². The van der Waals surface area contributed by atoms with Crippen molar-refractivity contribution in [3.8, 4) is 0 Å². The van der Waals surface area contributed by atoms with Crippen molar-refractivity contribution in [2.75, 3.05) is 14.7 Å². The standard InChI is InChI=1S/C72H70BN3OS/c1-67(2)32-33-68(3,4)51-36-43(28-29-49(51)67)74-59-41-53-52(69(5,6)34-35-70(53,7)8)40-54(59)73-55-42-64-48(46-21-12-16-27-63(46)78-64)39-58(55)75(57-25-19-22-47-45-20-11-15-26-62(45)77-66(47)57)61-38-44(37-60(74)65(61)73)76-56-24-14-13-23-50(56)71(9)30-17-18-31-72(71,76)10/h11-16,19-29,36-42H,17-18,30-35H2,1-10H3. The highest BCUT2D eigenvalue weighted by molar-refractivity contribution is 7.26. The number of rotatable bonds is 3. The highest BCUT2D eigenvalue weighted by atomic mass is 32.1. The second-order valence-corrected chi connectivity index (χ2v) is 28.7. The molecule has 1 fully saturated rings. The van der Waals surface area contributed by atoms with E-state index in [-0.39, 0.29) is 39.3 Å². The number of para-hydroxylation sites is 3. The third-order valence-electron chi connectivity index (χ3n) is 21.5. The first-order chi connectivity index (χ1) is 37.4. The van der Waals surface area contributed by atoms with E-state index >= 15 is 0 Å². The molecule has 16 rings (SSSR count). The molecule has 8 aromatic carbocycles. The molecule has 10 aromatic rings. The second-order valence-electron chi connectivity index (χ2n) is 27.6. The summed E-state index contributed by atoms with van der Waals surface area (Å²) in [6, 6.07) is 57.5. The van der Waals surface area contributed by atoms with Crippen LogP contribution in [0.25, 0.3) is 42.1 Å². The van der Waals surface area contributed by atoms with E-state index in [1.54, 1.807) is 0 Å². The summed E-state index contributed by atoms with van der Waals surface area (Å²) in [5, 5.41) is 4.90. The Morgan fingerprint density at radius 1 is 0.410 bits per heavy atom. The van der Waals surface area contributed by atoms with Gasteiger partial charge in [0.05, 0.1) is 11.2 Å². The highest BCUT2D eigenvalue weighted by Gasteiger charge is 2.58. The summed E-state index contributed by atoms with van der Waals surface area (Å²) in [5.41, 5.74) is 23.3. The van der Waals surface area contributed by atoms with E-state index in [0.717, 1.165) is 53.3 Å². The van der Waals surface area contributed by atoms with Gasteiger partial charge in [0.25, 0.3) is 6.71 Å². The predicted octanol–water partition coefficient (Wildman–Crippen LogP) is 18.5. The van der Waals surface area contributed by atoms with Gasteiger partial charge < -0.3 is 19.1 Å². The van der Waals surface area contributed by atoms with Crippen molar-refractivity contribution < 1.29 is 4.42 Å². The molecule has 4 nitrogen and oxygen atoms in total. The van der Waals surface area contributed by atoms with E-state index in [4.69, 9.17) is 4.42 Å². The van der Waals surface area contributed by atoms with E-state index in [1.165, 1.54) is 130 Å². The summed E-state index contributed by atoms with van der Waals surface area (Å²) in [5.74, 6) is 0. The zero-order valence-corrected chi connectivity index (χ0v) is 48.1. The lowest BCUT2D eigenvalue weighted by Crippen LogP contribution is -2.62. The van der Waals surface area contributed by atoms with E-state index in [9.17, 15) is 0 Å². The van der Waals surface area contributed by atoms with Crippen molar-refractivity contribution in [2.45, 2.75) is 153 Å². The molecule has 0 amide bonds. The van der Waals surface area contributed by atoms with Gasteiger partial charge in [0.1, 0.15) is 5.58 Å². The molecule has 0 N–H and O–H groups in total. The van der Waals surface area contributed by atoms with Crippen LogP contribution in [0.3, 0.4) is 0 Å². The van der Waals surface area contributed by atoms with Crippen molar-refractivity contribution >= 4 is 122 Å². The predicted molar refractivity (Wildman–Crippen MR) is 334 cm³/mol. The Kier molecular flexibility index (Phi) is 9.41. The molecule has 78 heavy (non-hydrogen) atoms. The Morgan fingerprint density at radius 2 is 1.01 bits per heavy atom. The number of benzene rings is 8. The van der Waals surface area contributed by atoms with Gasteiger partial charge in [0, 0.05) is 76.2 Å². The molecule has 5 heterocycles. The maximum atomic E-state index is 7.16. The Hall–Kier alpha value is -6.76. The van der Waals surface area contributed by atoms with Gasteiger partial charge >= 0.3 is 0 Å². The van der Waals surface area contributed by atoms with Crippen LogP contribution in [-0.4, -0.2) is 12.3 Å². The van der Waals surface area contributed by atoms with Crippen LogP contribution in [0.4, 0.5) is 45.5 Å². The summed E-state index contributed by atoms with van der Waals surface area (Å²) < 4.78 is 9.82. The van der Waals surface area contributed by atoms with Gasteiger partial charge in [-0.15, -0.1) is 11.3 Å². The third-order valence-corrected chi connectivity index (χ3v) is 22.6. The lowest BCUT2D eigenvalue weighted by atomic mass is 9.33. The molecular weight excluding hydrogens is 966 g/mol. The second kappa shape index (κ2) is 15.5. The number of thiophene rings is 1. The fourth-order valence-corrected chi connectivity index (χ4v) is 17.8. The topological polar surface area (TPSA) is 22.9 Å². The van der Waals surface area contributed by atoms with Gasteiger partial charge in [0.2, 0.25) is 0 Å². The van der Waals surface area contributed by atoms with Crippen LogP contribution >= 0.6 is 11.3 Å². The van der Waals surface area contributed by atoms with Crippen LogP contribution in [0.5, 0.6) is 0 Å². The van der Waals surface area contributed by atoms with Crippen LogP contribution in [0.1, 0.15) is 148 Å². The molecule has 0 bridgehead atoms. The zero-order chi connectivity index (χ0) is 53.2. The van der Waals surface area contributed by atoms with E-state index in [1.807, 2.05) is 11.3 Å². The van der Waals surface area contributed by atoms with Gasteiger partial charge in [-0.2, -0.15) is 0 Å². The molecular formula is C72H70BN3OS. The summed E-state index contributed by atoms with van der Waals surface area (Å²) >= 11 is 1.93. The number of hydrogen-bond acceptors (Lipinski definition) is 5. The molecule has 2 atom stereocenters. The smallest absolute Gasteiger partial charge is 0.252 e. The van der Waals surface area contributed by atoms with Gasteiger partial charge in [-0.1, -0.05) is 154 Å². The quantitative estimate of drug-likeness (QED) is 0.165. The average molecular weight is 1040 g/mol. The maximum absolute atomic E-state index is 7.16. The first-order valence-corrected chi connectivity index (χ1v) is 30.1. The van der Waals surface area contributed by atoms with Crippen LogP contribution in [0, 0.1) is 0 Å². The third kappa shape index (κ3) is 6.14. The molecule has 1 saturated carbocycles. The van der Waals surface area contributed by atoms with Crippen LogP contribution in [0.2, 0.25) is 0 Å². The zero-order valence-electron chi connectivity index (χ0n) is 47.2. The first-order valence-electron chi connectivity index (χ1n) is 29.2. The summed E-state index contributed by atoms with van der Waals surface area (Å²) in [7, 11) is 0. The van der Waals surface area contributed by atoms with Gasteiger partial charge in [-0.25, -0.2) is 0 Å². The van der Waals surface area contributed by atoms with Gasteiger partial charge in [-0.3, -0.25) is 0 Å². The molecule has 0 radical (unpaired) electrons. The first kappa shape index (κ1) is 47.3. The Balaban J connectivity index is 1.08. The van der Waals surface area contributed by atoms with E-state index in [2.05, 4.69) is 230 Å². The highest BCUT2D eigenvalue weighted by Crippen LogP contribution is 2.62. The van der Waals surface area contributed by atoms with E-state index in [0.29, 0.717) is 0 Å². The van der Waals surface area contributed by atoms with Crippen LogP contribution < -0.4 is 31.1 Å². The summed E-state index contributed by atoms with van der Waals surface area (Å²) in [6.07, 6.45) is 9.42. The fraction of sp³-hybridized carbons (Fsp3) is 0.333. The SMILES string of the molecule is CC1(C)CCC(C)(C)c2cc(N3c4cc5c(cc4B4c6cc7sc8ccccc8c7cc6N(c6cccc7c6oc6ccccc67)c6cc(N7c8ccccc8C8(C)CCCCC78C)cc3c64)C(C)(C)CCC5(C)C)ccc21. The van der Waals surface area contributed by atoms with Crippen molar-refractivity contribution in [2.24, 2.45) is 0 Å². The molecule has 6 aliphatic rings. The minimum absolute atomic E-state index is 0.00970. The number of nitrogens with zero attached hydrogens (tertiary/aromatic N) is 3. The Morgan fingerprint density at radius 3 is 1.79 bits per heavy atom. The van der Waals surface area contributed by atoms with Crippen molar-refractivity contribution in [1.82, 2.24) is 0 Å². The summed E-state index contributed by atoms with van der Waals surface area (Å²) in [6.45, 7) is 25.1. The molecule has 3 aliphatic heterocycles. The Labute approximate surface area is 465 Å². The normalized spacial score (nSPS) is 22.7. The monoisotopic (exact) mass is 1040 g/mol. The number of furan rings is 1. The van der Waals surface area contributed by atoms with E-state index < -0.39 is 0 Å². The molecule has 3 aliphatic carbocycles. The minimum atomic E-state index is -0.152. The fourth-order valence-electron chi connectivity index (χ4n) is 16.6. The van der Waals surface area contributed by atoms with Crippen molar-refractivity contribution in [1.29, 1.82) is 0 Å². The average Bonchev–Trinajstić information content (AvgIpc) is 4.12. The lowest BCUT2D eigenvalue weighted by Gasteiger charge is -2.51. The van der Waals surface area contributed by atoms with Crippen LogP contribution in [0.15, 0.2) is 150 Å². The molecule has 6 heteroatoms.